The molecule has 2 heterocycles. The molecule has 2 N–H and O–H groups in total. The molecule has 1 aromatic carbocycles. The van der Waals surface area contributed by atoms with Crippen molar-refractivity contribution in [3.8, 4) is 5.75 Å². The first-order valence-corrected chi connectivity index (χ1v) is 11.0. The Balaban J connectivity index is 0.00000341. The number of benzene rings is 1. The summed E-state index contributed by atoms with van der Waals surface area (Å²) in [5.74, 6) is 3.36. The van der Waals surface area contributed by atoms with Gasteiger partial charge in [-0.25, -0.2) is 4.99 Å². The molecule has 0 saturated carbocycles. The van der Waals surface area contributed by atoms with Gasteiger partial charge < -0.3 is 19.9 Å². The highest BCUT2D eigenvalue weighted by Crippen LogP contribution is 2.17. The maximum absolute atomic E-state index is 6.07. The number of nitrogens with one attached hydrogen (secondary N) is 2. The first kappa shape index (κ1) is 25.1. The second kappa shape index (κ2) is 12.7. The molecule has 9 heteroatoms. The number of guanidine groups is 1. The van der Waals surface area contributed by atoms with E-state index in [1.54, 1.807) is 11.3 Å². The van der Waals surface area contributed by atoms with Crippen LogP contribution in [0.1, 0.15) is 29.0 Å². The van der Waals surface area contributed by atoms with E-state index in [0.717, 1.165) is 41.9 Å². The Hall–Kier alpha value is -2.14. The highest BCUT2D eigenvalue weighted by molar-refractivity contribution is 14.0. The van der Waals surface area contributed by atoms with E-state index >= 15 is 0 Å². The standard InChI is InChI=1S/C22H30N6OS.HI/c1-16-8-5-6-10-20(16)29-17(2)14-24-22(23-12-11-19-9-7-13-30-19)25-15-21-27-26-18(3)28(21)4;/h5-10,13,17H,11-12,14-15H2,1-4H3,(H2,23,24,25);1H. The third-order valence-electron chi connectivity index (χ3n) is 4.78. The molecule has 3 aromatic rings. The molecule has 0 aliphatic rings. The van der Waals surface area contributed by atoms with Crippen LogP contribution in [0.4, 0.5) is 0 Å². The predicted molar refractivity (Wildman–Crippen MR) is 138 cm³/mol. The molecule has 31 heavy (non-hydrogen) atoms. The lowest BCUT2D eigenvalue weighted by atomic mass is 10.2. The fourth-order valence-electron chi connectivity index (χ4n) is 2.86. The summed E-state index contributed by atoms with van der Waals surface area (Å²) in [7, 11) is 1.95. The minimum Gasteiger partial charge on any atom is -0.489 e. The summed E-state index contributed by atoms with van der Waals surface area (Å²) in [6, 6.07) is 12.3. The van der Waals surface area contributed by atoms with E-state index < -0.39 is 0 Å². The minimum absolute atomic E-state index is 0. The zero-order valence-electron chi connectivity index (χ0n) is 18.5. The normalized spacial score (nSPS) is 12.2. The first-order chi connectivity index (χ1) is 14.5. The molecular weight excluding hydrogens is 523 g/mol. The predicted octanol–water partition coefficient (Wildman–Crippen LogP) is 3.86. The quantitative estimate of drug-likeness (QED) is 0.239. The fourth-order valence-corrected chi connectivity index (χ4v) is 3.57. The Morgan fingerprint density at radius 1 is 1.16 bits per heavy atom. The van der Waals surface area contributed by atoms with Crippen LogP contribution in [0.5, 0.6) is 5.75 Å². The number of nitrogens with zero attached hydrogens (tertiary/aromatic N) is 4. The average molecular weight is 555 g/mol. The Kier molecular flexibility index (Phi) is 10.3. The summed E-state index contributed by atoms with van der Waals surface area (Å²) < 4.78 is 8.03. The summed E-state index contributed by atoms with van der Waals surface area (Å²) in [5, 5.41) is 17.2. The van der Waals surface area contributed by atoms with Crippen molar-refractivity contribution in [2.75, 3.05) is 13.1 Å². The first-order valence-electron chi connectivity index (χ1n) is 10.1. The molecule has 7 nitrogen and oxygen atoms in total. The summed E-state index contributed by atoms with van der Waals surface area (Å²) in [4.78, 5) is 6.05. The van der Waals surface area contributed by atoms with Crippen LogP contribution in [0.2, 0.25) is 0 Å². The molecule has 2 aromatic heterocycles. The third kappa shape index (κ3) is 7.80. The maximum atomic E-state index is 6.07. The summed E-state index contributed by atoms with van der Waals surface area (Å²) in [6.45, 7) is 7.93. The van der Waals surface area contributed by atoms with Gasteiger partial charge in [0.1, 0.15) is 24.2 Å². The smallest absolute Gasteiger partial charge is 0.191 e. The molecular formula is C22H31IN6OS. The Bertz CT molecular complexity index is 957. The van der Waals surface area contributed by atoms with E-state index in [4.69, 9.17) is 9.73 Å². The third-order valence-corrected chi connectivity index (χ3v) is 5.72. The summed E-state index contributed by atoms with van der Waals surface area (Å²) >= 11 is 1.77. The number of thiophene rings is 1. The largest absolute Gasteiger partial charge is 0.489 e. The van der Waals surface area contributed by atoms with Crippen LogP contribution >= 0.6 is 35.3 Å². The molecule has 0 aliphatic carbocycles. The molecule has 1 atom stereocenters. The van der Waals surface area contributed by atoms with Crippen molar-refractivity contribution < 1.29 is 4.74 Å². The number of aliphatic imine (C=N–C) groups is 1. The second-order valence-electron chi connectivity index (χ2n) is 7.22. The van der Waals surface area contributed by atoms with Crippen molar-refractivity contribution in [1.82, 2.24) is 25.4 Å². The lowest BCUT2D eigenvalue weighted by molar-refractivity contribution is 0.222. The van der Waals surface area contributed by atoms with E-state index in [9.17, 15) is 0 Å². The van der Waals surface area contributed by atoms with Gasteiger partial charge in [0, 0.05) is 18.5 Å². The monoisotopic (exact) mass is 554 g/mol. The fraction of sp³-hybridized carbons (Fsp3) is 0.409. The van der Waals surface area contributed by atoms with Crippen molar-refractivity contribution in [3.05, 3.63) is 63.9 Å². The number of para-hydroxylation sites is 1. The molecule has 168 valence electrons. The summed E-state index contributed by atoms with van der Waals surface area (Å²) in [6.07, 6.45) is 0.948. The van der Waals surface area contributed by atoms with Crippen molar-refractivity contribution in [2.24, 2.45) is 12.0 Å². The van der Waals surface area contributed by atoms with Crippen LogP contribution in [0.25, 0.3) is 0 Å². The number of halogens is 1. The van der Waals surface area contributed by atoms with Crippen molar-refractivity contribution in [1.29, 1.82) is 0 Å². The van der Waals surface area contributed by atoms with E-state index in [1.807, 2.05) is 36.7 Å². The van der Waals surface area contributed by atoms with Gasteiger partial charge in [-0.3, -0.25) is 0 Å². The number of aryl methyl sites for hydroxylation is 2. The topological polar surface area (TPSA) is 76.4 Å². The number of rotatable bonds is 9. The average Bonchev–Trinajstić information content (AvgIpc) is 3.36. The second-order valence-corrected chi connectivity index (χ2v) is 8.25. The Morgan fingerprint density at radius 2 is 1.97 bits per heavy atom. The molecule has 0 radical (unpaired) electrons. The van der Waals surface area contributed by atoms with Crippen LogP contribution in [0, 0.1) is 13.8 Å². The highest BCUT2D eigenvalue weighted by atomic mass is 127. The van der Waals surface area contributed by atoms with Crippen LogP contribution < -0.4 is 15.4 Å². The van der Waals surface area contributed by atoms with E-state index in [0.29, 0.717) is 13.1 Å². The number of hydrogen-bond donors (Lipinski definition) is 2. The van der Waals surface area contributed by atoms with Gasteiger partial charge >= 0.3 is 0 Å². The van der Waals surface area contributed by atoms with Crippen LogP contribution in [0.15, 0.2) is 46.8 Å². The molecule has 0 aliphatic heterocycles. The molecule has 0 fully saturated rings. The lowest BCUT2D eigenvalue weighted by Crippen LogP contribution is -2.42. The maximum Gasteiger partial charge on any atom is 0.191 e. The van der Waals surface area contributed by atoms with Gasteiger partial charge in [-0.15, -0.1) is 45.5 Å². The van der Waals surface area contributed by atoms with Crippen LogP contribution in [0.3, 0.4) is 0 Å². The van der Waals surface area contributed by atoms with Crippen LogP contribution in [-0.2, 0) is 20.0 Å². The molecule has 0 spiro atoms. The molecule has 0 amide bonds. The molecule has 0 saturated heterocycles. The molecule has 1 unspecified atom stereocenters. The van der Waals surface area contributed by atoms with Crippen LogP contribution in [-0.4, -0.2) is 39.9 Å². The Labute approximate surface area is 205 Å². The van der Waals surface area contributed by atoms with Gasteiger partial charge in [0.2, 0.25) is 0 Å². The van der Waals surface area contributed by atoms with E-state index in [2.05, 4.69) is 58.3 Å². The number of aromatic nitrogens is 3. The lowest BCUT2D eigenvalue weighted by Gasteiger charge is -2.19. The van der Waals surface area contributed by atoms with E-state index in [-0.39, 0.29) is 30.1 Å². The van der Waals surface area contributed by atoms with Crippen molar-refractivity contribution in [2.45, 2.75) is 39.8 Å². The van der Waals surface area contributed by atoms with E-state index in [1.165, 1.54) is 4.88 Å². The van der Waals surface area contributed by atoms with Crippen molar-refractivity contribution >= 4 is 41.3 Å². The van der Waals surface area contributed by atoms with Gasteiger partial charge in [-0.2, -0.15) is 0 Å². The summed E-state index contributed by atoms with van der Waals surface area (Å²) in [5.41, 5.74) is 1.13. The van der Waals surface area contributed by atoms with Gasteiger partial charge in [-0.05, 0) is 50.3 Å². The highest BCUT2D eigenvalue weighted by Gasteiger charge is 2.09. The van der Waals surface area contributed by atoms with Gasteiger partial charge in [0.15, 0.2) is 11.8 Å². The number of ether oxygens (including phenoxy) is 1. The molecule has 3 rings (SSSR count). The zero-order chi connectivity index (χ0) is 21.3. The number of hydrogen-bond acceptors (Lipinski definition) is 5. The SMILES string of the molecule is Cc1ccccc1OC(C)CNC(=NCc1nnc(C)n1C)NCCc1cccs1.I. The zero-order valence-corrected chi connectivity index (χ0v) is 21.6. The molecule has 0 bridgehead atoms. The Morgan fingerprint density at radius 3 is 2.65 bits per heavy atom. The van der Waals surface area contributed by atoms with Gasteiger partial charge in [0.25, 0.3) is 0 Å². The minimum atomic E-state index is -0.00697. The van der Waals surface area contributed by atoms with Gasteiger partial charge in [0.05, 0.1) is 6.54 Å². The van der Waals surface area contributed by atoms with Crippen molar-refractivity contribution in [3.63, 3.8) is 0 Å². The van der Waals surface area contributed by atoms with Gasteiger partial charge in [-0.1, -0.05) is 24.3 Å².